The monoisotopic (exact) mass is 240 g/mol. The SMILES string of the molecule is COC(=O)CC1CC(N)CN(C(C)C2CC2)C1. The molecule has 0 aromatic carbocycles. The van der Waals surface area contributed by atoms with E-state index in [2.05, 4.69) is 11.8 Å². The van der Waals surface area contributed by atoms with Crippen molar-refractivity contribution in [2.75, 3.05) is 20.2 Å². The lowest BCUT2D eigenvalue weighted by molar-refractivity contribution is -0.142. The van der Waals surface area contributed by atoms with Crippen LogP contribution in [0.3, 0.4) is 0 Å². The van der Waals surface area contributed by atoms with Crippen molar-refractivity contribution in [1.29, 1.82) is 0 Å². The zero-order chi connectivity index (χ0) is 12.4. The molecular formula is C13H24N2O2. The smallest absolute Gasteiger partial charge is 0.305 e. The predicted octanol–water partition coefficient (Wildman–Crippen LogP) is 0.997. The number of methoxy groups -OCH3 is 1. The van der Waals surface area contributed by atoms with Crippen molar-refractivity contribution in [2.24, 2.45) is 17.6 Å². The first-order valence-electron chi connectivity index (χ1n) is 6.66. The minimum absolute atomic E-state index is 0.108. The molecule has 3 atom stereocenters. The normalized spacial score (nSPS) is 32.2. The van der Waals surface area contributed by atoms with Crippen LogP contribution in [0, 0.1) is 11.8 Å². The van der Waals surface area contributed by atoms with Crippen molar-refractivity contribution < 1.29 is 9.53 Å². The van der Waals surface area contributed by atoms with Crippen LogP contribution < -0.4 is 5.73 Å². The van der Waals surface area contributed by atoms with E-state index in [1.54, 1.807) is 0 Å². The van der Waals surface area contributed by atoms with E-state index in [1.807, 2.05) is 0 Å². The topological polar surface area (TPSA) is 55.6 Å². The standard InChI is InChI=1S/C13H24N2O2/c1-9(11-3-4-11)15-7-10(5-12(14)8-15)6-13(16)17-2/h9-12H,3-8,14H2,1-2H3. The van der Waals surface area contributed by atoms with Gasteiger partial charge in [-0.15, -0.1) is 0 Å². The maximum atomic E-state index is 11.3. The zero-order valence-corrected chi connectivity index (χ0v) is 10.9. The van der Waals surface area contributed by atoms with Crippen molar-refractivity contribution in [3.05, 3.63) is 0 Å². The Morgan fingerprint density at radius 2 is 2.18 bits per heavy atom. The number of nitrogens with zero attached hydrogens (tertiary/aromatic N) is 1. The molecule has 2 fully saturated rings. The van der Waals surface area contributed by atoms with Crippen LogP contribution in [-0.4, -0.2) is 43.2 Å². The molecule has 0 amide bonds. The third kappa shape index (κ3) is 3.42. The van der Waals surface area contributed by atoms with Gasteiger partial charge < -0.3 is 10.5 Å². The highest BCUT2D eigenvalue weighted by molar-refractivity contribution is 5.69. The summed E-state index contributed by atoms with van der Waals surface area (Å²) in [5.74, 6) is 1.12. The number of carbonyl (C=O) groups excluding carboxylic acids is 1. The molecule has 4 heteroatoms. The lowest BCUT2D eigenvalue weighted by atomic mass is 9.90. The van der Waals surface area contributed by atoms with Crippen molar-refractivity contribution >= 4 is 5.97 Å². The Balaban J connectivity index is 1.88. The number of carbonyl (C=O) groups is 1. The van der Waals surface area contributed by atoms with Crippen LogP contribution in [-0.2, 0) is 9.53 Å². The number of esters is 1. The molecule has 1 aliphatic heterocycles. The predicted molar refractivity (Wildman–Crippen MR) is 66.5 cm³/mol. The van der Waals surface area contributed by atoms with E-state index in [9.17, 15) is 4.79 Å². The Bertz CT molecular complexity index is 279. The summed E-state index contributed by atoms with van der Waals surface area (Å²) in [4.78, 5) is 13.8. The van der Waals surface area contributed by atoms with Crippen LogP contribution in [0.15, 0.2) is 0 Å². The summed E-state index contributed by atoms with van der Waals surface area (Å²) in [6.45, 7) is 4.28. The molecule has 1 heterocycles. The Kier molecular flexibility index (Phi) is 4.05. The van der Waals surface area contributed by atoms with E-state index in [0.717, 1.165) is 25.4 Å². The maximum absolute atomic E-state index is 11.3. The molecule has 1 aliphatic carbocycles. The summed E-state index contributed by atoms with van der Waals surface area (Å²) in [6, 6.07) is 0.834. The molecule has 0 aromatic heterocycles. The average Bonchev–Trinajstić information content (AvgIpc) is 3.11. The number of piperidine rings is 1. The Hall–Kier alpha value is -0.610. The fraction of sp³-hybridized carbons (Fsp3) is 0.923. The number of nitrogens with two attached hydrogens (primary N) is 1. The van der Waals surface area contributed by atoms with Gasteiger partial charge in [0.1, 0.15) is 0 Å². The number of likely N-dealkylation sites (tertiary alicyclic amines) is 1. The van der Waals surface area contributed by atoms with E-state index in [0.29, 0.717) is 18.4 Å². The third-order valence-corrected chi connectivity index (χ3v) is 4.16. The van der Waals surface area contributed by atoms with E-state index >= 15 is 0 Å². The second-order valence-electron chi connectivity index (χ2n) is 5.67. The summed E-state index contributed by atoms with van der Waals surface area (Å²) in [5.41, 5.74) is 6.10. The molecule has 98 valence electrons. The first kappa shape index (κ1) is 12.8. The van der Waals surface area contributed by atoms with Gasteiger partial charge in [0.25, 0.3) is 0 Å². The summed E-state index contributed by atoms with van der Waals surface area (Å²) in [5, 5.41) is 0. The van der Waals surface area contributed by atoms with Crippen molar-refractivity contribution in [3.63, 3.8) is 0 Å². The second kappa shape index (κ2) is 5.36. The van der Waals surface area contributed by atoms with Crippen molar-refractivity contribution in [1.82, 2.24) is 4.90 Å². The molecule has 0 radical (unpaired) electrons. The van der Waals surface area contributed by atoms with Gasteiger partial charge in [-0.05, 0) is 38.0 Å². The molecular weight excluding hydrogens is 216 g/mol. The maximum Gasteiger partial charge on any atom is 0.305 e. The van der Waals surface area contributed by atoms with Crippen LogP contribution in [0.2, 0.25) is 0 Å². The molecule has 1 saturated carbocycles. The van der Waals surface area contributed by atoms with Crippen LogP contribution in [0.25, 0.3) is 0 Å². The number of rotatable bonds is 4. The molecule has 0 spiro atoms. The molecule has 2 N–H and O–H groups in total. The van der Waals surface area contributed by atoms with Crippen molar-refractivity contribution in [2.45, 2.75) is 44.7 Å². The van der Waals surface area contributed by atoms with Crippen LogP contribution >= 0.6 is 0 Å². The lowest BCUT2D eigenvalue weighted by Gasteiger charge is -2.39. The summed E-state index contributed by atoms with van der Waals surface area (Å²) >= 11 is 0. The molecule has 4 nitrogen and oxygen atoms in total. The van der Waals surface area contributed by atoms with Gasteiger partial charge in [-0.3, -0.25) is 9.69 Å². The first-order chi connectivity index (χ1) is 8.10. The molecule has 1 saturated heterocycles. The van der Waals surface area contributed by atoms with Crippen molar-refractivity contribution in [3.8, 4) is 0 Å². The van der Waals surface area contributed by atoms with Crippen LogP contribution in [0.1, 0.15) is 32.6 Å². The molecule has 17 heavy (non-hydrogen) atoms. The molecule has 2 aliphatic rings. The van der Waals surface area contributed by atoms with Gasteiger partial charge in [-0.2, -0.15) is 0 Å². The van der Waals surface area contributed by atoms with E-state index in [-0.39, 0.29) is 12.0 Å². The van der Waals surface area contributed by atoms with Gasteiger partial charge in [0.05, 0.1) is 7.11 Å². The highest BCUT2D eigenvalue weighted by atomic mass is 16.5. The second-order valence-corrected chi connectivity index (χ2v) is 5.67. The van der Waals surface area contributed by atoms with Gasteiger partial charge in [0, 0.05) is 31.6 Å². The number of ether oxygens (including phenoxy) is 1. The third-order valence-electron chi connectivity index (χ3n) is 4.16. The van der Waals surface area contributed by atoms with Gasteiger partial charge >= 0.3 is 5.97 Å². The fourth-order valence-corrected chi connectivity index (χ4v) is 2.96. The van der Waals surface area contributed by atoms with Gasteiger partial charge in [0.2, 0.25) is 0 Å². The Morgan fingerprint density at radius 1 is 1.47 bits per heavy atom. The summed E-state index contributed by atoms with van der Waals surface area (Å²) < 4.78 is 4.75. The highest BCUT2D eigenvalue weighted by Crippen LogP contribution is 2.36. The number of hydrogen-bond acceptors (Lipinski definition) is 4. The highest BCUT2D eigenvalue weighted by Gasteiger charge is 2.36. The molecule has 2 rings (SSSR count). The first-order valence-corrected chi connectivity index (χ1v) is 6.66. The quantitative estimate of drug-likeness (QED) is 0.745. The summed E-state index contributed by atoms with van der Waals surface area (Å²) in [6.07, 6.45) is 4.17. The van der Waals surface area contributed by atoms with Crippen LogP contribution in [0.4, 0.5) is 0 Å². The fourth-order valence-electron chi connectivity index (χ4n) is 2.96. The molecule has 0 bridgehead atoms. The lowest BCUT2D eigenvalue weighted by Crippen LogP contribution is -2.51. The van der Waals surface area contributed by atoms with Crippen LogP contribution in [0.5, 0.6) is 0 Å². The average molecular weight is 240 g/mol. The number of hydrogen-bond donors (Lipinski definition) is 1. The van der Waals surface area contributed by atoms with E-state index < -0.39 is 0 Å². The zero-order valence-electron chi connectivity index (χ0n) is 10.9. The summed E-state index contributed by atoms with van der Waals surface area (Å²) in [7, 11) is 1.45. The Labute approximate surface area is 103 Å². The van der Waals surface area contributed by atoms with Gasteiger partial charge in [0.15, 0.2) is 0 Å². The van der Waals surface area contributed by atoms with E-state index in [4.69, 9.17) is 10.5 Å². The van der Waals surface area contributed by atoms with E-state index in [1.165, 1.54) is 20.0 Å². The molecule has 3 unspecified atom stereocenters. The largest absolute Gasteiger partial charge is 0.469 e. The minimum Gasteiger partial charge on any atom is -0.469 e. The Morgan fingerprint density at radius 3 is 2.76 bits per heavy atom. The van der Waals surface area contributed by atoms with Gasteiger partial charge in [-0.25, -0.2) is 0 Å². The van der Waals surface area contributed by atoms with Gasteiger partial charge in [-0.1, -0.05) is 0 Å². The molecule has 0 aromatic rings. The minimum atomic E-state index is -0.108.